The van der Waals surface area contributed by atoms with Gasteiger partial charge < -0.3 is 19.4 Å². The van der Waals surface area contributed by atoms with E-state index in [9.17, 15) is 4.79 Å². The molecule has 7 nitrogen and oxygen atoms in total. The van der Waals surface area contributed by atoms with E-state index in [-0.39, 0.29) is 5.91 Å². The number of para-hydroxylation sites is 2. The normalized spacial score (nSPS) is 15.0. The summed E-state index contributed by atoms with van der Waals surface area (Å²) in [5.41, 5.74) is 3.39. The fraction of sp³-hybridized carbons (Fsp3) is 0.462. The van der Waals surface area contributed by atoms with Crippen molar-refractivity contribution in [2.75, 3.05) is 40.4 Å². The van der Waals surface area contributed by atoms with Gasteiger partial charge in [0, 0.05) is 13.1 Å². The fourth-order valence-corrected chi connectivity index (χ4v) is 4.65. The molecule has 0 aliphatic carbocycles. The zero-order chi connectivity index (χ0) is 23.2. The van der Waals surface area contributed by atoms with Gasteiger partial charge in [-0.2, -0.15) is 0 Å². The van der Waals surface area contributed by atoms with Crippen LogP contribution in [0.3, 0.4) is 0 Å². The Morgan fingerprint density at radius 2 is 1.85 bits per heavy atom. The number of rotatable bonds is 9. The van der Waals surface area contributed by atoms with Crippen LogP contribution in [0.4, 0.5) is 0 Å². The number of methoxy groups -OCH3 is 2. The third-order valence-electron chi connectivity index (χ3n) is 6.54. The summed E-state index contributed by atoms with van der Waals surface area (Å²) in [5, 5.41) is 3.05. The first-order valence-electron chi connectivity index (χ1n) is 11.7. The van der Waals surface area contributed by atoms with Crippen LogP contribution in [0, 0.1) is 12.8 Å². The third-order valence-corrected chi connectivity index (χ3v) is 6.54. The van der Waals surface area contributed by atoms with Crippen molar-refractivity contribution >= 4 is 16.9 Å². The van der Waals surface area contributed by atoms with Gasteiger partial charge in [-0.25, -0.2) is 4.98 Å². The topological polar surface area (TPSA) is 68.6 Å². The molecule has 3 aromatic rings. The first-order valence-corrected chi connectivity index (χ1v) is 11.7. The van der Waals surface area contributed by atoms with Crippen molar-refractivity contribution in [2.45, 2.75) is 32.7 Å². The minimum absolute atomic E-state index is 0.0883. The van der Waals surface area contributed by atoms with Gasteiger partial charge in [0.2, 0.25) is 5.91 Å². The quantitative estimate of drug-likeness (QED) is 0.541. The number of amides is 1. The van der Waals surface area contributed by atoms with E-state index in [0.29, 0.717) is 30.5 Å². The highest BCUT2D eigenvalue weighted by molar-refractivity contribution is 5.78. The average molecular weight is 451 g/mol. The fourth-order valence-electron chi connectivity index (χ4n) is 4.65. The molecule has 0 radical (unpaired) electrons. The van der Waals surface area contributed by atoms with Gasteiger partial charge >= 0.3 is 0 Å². The summed E-state index contributed by atoms with van der Waals surface area (Å²) in [6.45, 7) is 6.07. The van der Waals surface area contributed by atoms with E-state index in [1.165, 1.54) is 5.52 Å². The minimum Gasteiger partial charge on any atom is -0.493 e. The number of imidazole rings is 1. The molecule has 1 aromatic heterocycles. The lowest BCUT2D eigenvalue weighted by atomic mass is 9.96. The van der Waals surface area contributed by atoms with E-state index in [4.69, 9.17) is 9.47 Å². The lowest BCUT2D eigenvalue weighted by Crippen LogP contribution is -2.42. The summed E-state index contributed by atoms with van der Waals surface area (Å²) < 4.78 is 13.0. The molecular weight excluding hydrogens is 416 g/mol. The molecule has 176 valence electrons. The smallest absolute Gasteiger partial charge is 0.234 e. The number of aryl methyl sites for hydroxylation is 1. The zero-order valence-corrected chi connectivity index (χ0v) is 19.8. The Morgan fingerprint density at radius 3 is 2.61 bits per heavy atom. The Balaban J connectivity index is 1.20. The maximum absolute atomic E-state index is 12.4. The van der Waals surface area contributed by atoms with Crippen molar-refractivity contribution in [2.24, 2.45) is 5.92 Å². The second-order valence-corrected chi connectivity index (χ2v) is 8.77. The van der Waals surface area contributed by atoms with E-state index < -0.39 is 0 Å². The molecule has 1 fully saturated rings. The molecule has 1 amide bonds. The number of piperidine rings is 1. The van der Waals surface area contributed by atoms with Gasteiger partial charge in [-0.15, -0.1) is 0 Å². The second kappa shape index (κ2) is 10.7. The Labute approximate surface area is 195 Å². The lowest BCUT2D eigenvalue weighted by Gasteiger charge is -2.31. The van der Waals surface area contributed by atoms with E-state index >= 15 is 0 Å². The van der Waals surface area contributed by atoms with Gasteiger partial charge in [0.05, 0.1) is 31.8 Å². The SMILES string of the molecule is COc1ccc(CCNC(=O)CN2CCC(Cn3c(C)nc4ccccc43)CC2)cc1OC. The molecule has 2 aromatic carbocycles. The molecular formula is C26H34N4O3. The van der Waals surface area contributed by atoms with Crippen molar-refractivity contribution in [3.8, 4) is 11.5 Å². The predicted molar refractivity (Wildman–Crippen MR) is 130 cm³/mol. The van der Waals surface area contributed by atoms with Crippen molar-refractivity contribution in [1.82, 2.24) is 19.8 Å². The van der Waals surface area contributed by atoms with Gasteiger partial charge in [-0.1, -0.05) is 18.2 Å². The summed E-state index contributed by atoms with van der Waals surface area (Å²) in [6.07, 6.45) is 2.96. The van der Waals surface area contributed by atoms with E-state index in [1.807, 2.05) is 24.3 Å². The van der Waals surface area contributed by atoms with Gasteiger partial charge in [-0.05, 0) is 75.0 Å². The van der Waals surface area contributed by atoms with Gasteiger partial charge in [0.25, 0.3) is 0 Å². The predicted octanol–water partition coefficient (Wildman–Crippen LogP) is 3.43. The molecule has 0 atom stereocenters. The molecule has 4 rings (SSSR count). The van der Waals surface area contributed by atoms with Crippen LogP contribution in [0.2, 0.25) is 0 Å². The van der Waals surface area contributed by atoms with Crippen LogP contribution in [0.15, 0.2) is 42.5 Å². The Kier molecular flexibility index (Phi) is 7.50. The molecule has 0 saturated carbocycles. The summed E-state index contributed by atoms with van der Waals surface area (Å²) in [5.74, 6) is 3.21. The van der Waals surface area contributed by atoms with Crippen LogP contribution < -0.4 is 14.8 Å². The van der Waals surface area contributed by atoms with Crippen molar-refractivity contribution in [3.63, 3.8) is 0 Å². The number of aromatic nitrogens is 2. The molecule has 33 heavy (non-hydrogen) atoms. The average Bonchev–Trinajstić information content (AvgIpc) is 3.15. The Hall–Kier alpha value is -3.06. The highest BCUT2D eigenvalue weighted by Crippen LogP contribution is 2.27. The number of hydrogen-bond donors (Lipinski definition) is 1. The van der Waals surface area contributed by atoms with Crippen molar-refractivity contribution < 1.29 is 14.3 Å². The van der Waals surface area contributed by atoms with Crippen molar-refractivity contribution in [1.29, 1.82) is 0 Å². The first-order chi connectivity index (χ1) is 16.1. The highest BCUT2D eigenvalue weighted by atomic mass is 16.5. The number of likely N-dealkylation sites (tertiary alicyclic amines) is 1. The summed E-state index contributed by atoms with van der Waals surface area (Å²) in [4.78, 5) is 19.4. The molecule has 0 unspecified atom stereocenters. The van der Waals surface area contributed by atoms with E-state index in [1.54, 1.807) is 14.2 Å². The number of ether oxygens (including phenoxy) is 2. The van der Waals surface area contributed by atoms with Crippen LogP contribution >= 0.6 is 0 Å². The maximum Gasteiger partial charge on any atom is 0.234 e. The number of fused-ring (bicyclic) bond motifs is 1. The molecule has 1 saturated heterocycles. The summed E-state index contributed by atoms with van der Waals surface area (Å²) >= 11 is 0. The number of carbonyl (C=O) groups excluding carboxylic acids is 1. The first kappa shape index (κ1) is 23.1. The van der Waals surface area contributed by atoms with Crippen LogP contribution in [0.25, 0.3) is 11.0 Å². The lowest BCUT2D eigenvalue weighted by molar-refractivity contribution is -0.122. The molecule has 1 aliphatic heterocycles. The zero-order valence-electron chi connectivity index (χ0n) is 19.8. The minimum atomic E-state index is 0.0883. The molecule has 2 heterocycles. The third kappa shape index (κ3) is 5.66. The number of carbonyl (C=O) groups is 1. The molecule has 0 spiro atoms. The van der Waals surface area contributed by atoms with E-state index in [2.05, 4.69) is 44.9 Å². The van der Waals surface area contributed by atoms with Gasteiger partial charge in [-0.3, -0.25) is 9.69 Å². The van der Waals surface area contributed by atoms with Gasteiger partial charge in [0.15, 0.2) is 11.5 Å². The van der Waals surface area contributed by atoms with Crippen LogP contribution in [-0.4, -0.2) is 60.8 Å². The number of nitrogens with one attached hydrogen (secondary N) is 1. The second-order valence-electron chi connectivity index (χ2n) is 8.77. The Bertz CT molecular complexity index is 1090. The monoisotopic (exact) mass is 450 g/mol. The number of nitrogens with zero attached hydrogens (tertiary/aromatic N) is 3. The molecule has 0 bridgehead atoms. The Morgan fingerprint density at radius 1 is 1.09 bits per heavy atom. The van der Waals surface area contributed by atoms with E-state index in [0.717, 1.165) is 55.8 Å². The van der Waals surface area contributed by atoms with Gasteiger partial charge in [0.1, 0.15) is 5.82 Å². The standard InChI is InChI=1S/C26H34N4O3/c1-19-28-22-6-4-5-7-23(22)30(19)17-21-11-14-29(15-12-21)18-26(31)27-13-10-20-8-9-24(32-2)25(16-20)33-3/h4-9,16,21H,10-15,17-18H2,1-3H3,(H,27,31). The van der Waals surface area contributed by atoms with Crippen molar-refractivity contribution in [3.05, 3.63) is 53.9 Å². The van der Waals surface area contributed by atoms with Crippen LogP contribution in [0.1, 0.15) is 24.2 Å². The largest absolute Gasteiger partial charge is 0.493 e. The highest BCUT2D eigenvalue weighted by Gasteiger charge is 2.22. The summed E-state index contributed by atoms with van der Waals surface area (Å²) in [7, 11) is 3.26. The van der Waals surface area contributed by atoms with Crippen LogP contribution in [-0.2, 0) is 17.8 Å². The number of hydrogen-bond acceptors (Lipinski definition) is 5. The molecule has 1 N–H and O–H groups in total. The van der Waals surface area contributed by atoms with Crippen LogP contribution in [0.5, 0.6) is 11.5 Å². The number of benzene rings is 2. The summed E-state index contributed by atoms with van der Waals surface area (Å²) in [6, 6.07) is 14.2. The molecule has 1 aliphatic rings. The maximum atomic E-state index is 12.4. The molecule has 7 heteroatoms.